The number of piperidine rings is 1. The average molecular weight is 272 g/mol. The summed E-state index contributed by atoms with van der Waals surface area (Å²) in [6.07, 6.45) is 1.95. The van der Waals surface area contributed by atoms with Gasteiger partial charge in [-0.25, -0.2) is 13.2 Å². The van der Waals surface area contributed by atoms with Crippen molar-refractivity contribution in [2.75, 3.05) is 13.6 Å². The third-order valence-corrected chi connectivity index (χ3v) is 3.88. The standard InChI is InChI=1S/C14H19F3N2/c1-9-5-11(3-4-19(9)2)18-8-10-6-13(16)14(17)7-12(10)15/h6-7,9,11,18H,3-5,8H2,1-2H3. The fraction of sp³-hybridized carbons (Fsp3) is 0.571. The summed E-state index contributed by atoms with van der Waals surface area (Å²) in [5, 5.41) is 3.22. The number of nitrogens with one attached hydrogen (secondary N) is 1. The summed E-state index contributed by atoms with van der Waals surface area (Å²) >= 11 is 0. The Bertz CT molecular complexity index is 451. The van der Waals surface area contributed by atoms with Crippen molar-refractivity contribution in [1.82, 2.24) is 10.2 Å². The van der Waals surface area contributed by atoms with Crippen molar-refractivity contribution in [3.63, 3.8) is 0 Å². The smallest absolute Gasteiger partial charge is 0.161 e. The monoisotopic (exact) mass is 272 g/mol. The maximum Gasteiger partial charge on any atom is 0.161 e. The Kier molecular flexibility index (Phi) is 4.47. The second kappa shape index (κ2) is 5.92. The number of hydrogen-bond donors (Lipinski definition) is 1. The molecule has 2 atom stereocenters. The Morgan fingerprint density at radius 1 is 1.21 bits per heavy atom. The summed E-state index contributed by atoms with van der Waals surface area (Å²) < 4.78 is 39.3. The highest BCUT2D eigenvalue weighted by atomic mass is 19.2. The van der Waals surface area contributed by atoms with Crippen molar-refractivity contribution < 1.29 is 13.2 Å². The summed E-state index contributed by atoms with van der Waals surface area (Å²) in [6.45, 7) is 3.36. The molecule has 0 saturated carbocycles. The molecule has 19 heavy (non-hydrogen) atoms. The van der Waals surface area contributed by atoms with Crippen molar-refractivity contribution in [3.8, 4) is 0 Å². The van der Waals surface area contributed by atoms with Gasteiger partial charge in [-0.2, -0.15) is 0 Å². The van der Waals surface area contributed by atoms with Crippen LogP contribution < -0.4 is 5.32 Å². The molecular weight excluding hydrogens is 253 g/mol. The van der Waals surface area contributed by atoms with E-state index in [-0.39, 0.29) is 12.1 Å². The zero-order valence-corrected chi connectivity index (χ0v) is 11.2. The minimum Gasteiger partial charge on any atom is -0.310 e. The Hall–Kier alpha value is -1.07. The van der Waals surface area contributed by atoms with Crippen LogP contribution >= 0.6 is 0 Å². The fourth-order valence-electron chi connectivity index (χ4n) is 2.43. The minimum absolute atomic E-state index is 0.172. The molecule has 1 aliphatic rings. The second-order valence-electron chi connectivity index (χ2n) is 5.29. The molecule has 0 bridgehead atoms. The van der Waals surface area contributed by atoms with Crippen molar-refractivity contribution >= 4 is 0 Å². The molecule has 0 aromatic heterocycles. The van der Waals surface area contributed by atoms with E-state index >= 15 is 0 Å². The van der Waals surface area contributed by atoms with Crippen molar-refractivity contribution in [2.45, 2.75) is 38.4 Å². The van der Waals surface area contributed by atoms with Gasteiger partial charge in [-0.05, 0) is 39.4 Å². The van der Waals surface area contributed by atoms with Gasteiger partial charge >= 0.3 is 0 Å². The first-order valence-electron chi connectivity index (χ1n) is 6.54. The van der Waals surface area contributed by atoms with Crippen LogP contribution in [0.2, 0.25) is 0 Å². The lowest BCUT2D eigenvalue weighted by molar-refractivity contribution is 0.168. The van der Waals surface area contributed by atoms with Gasteiger partial charge < -0.3 is 10.2 Å². The predicted octanol–water partition coefficient (Wildman–Crippen LogP) is 2.68. The molecule has 1 fully saturated rings. The number of likely N-dealkylation sites (tertiary alicyclic amines) is 1. The van der Waals surface area contributed by atoms with Gasteiger partial charge in [-0.15, -0.1) is 0 Å². The van der Waals surface area contributed by atoms with E-state index in [1.807, 2.05) is 0 Å². The largest absolute Gasteiger partial charge is 0.310 e. The first kappa shape index (κ1) is 14.3. The van der Waals surface area contributed by atoms with Gasteiger partial charge in [0.05, 0.1) is 0 Å². The molecule has 0 aliphatic carbocycles. The van der Waals surface area contributed by atoms with Crippen LogP contribution in [0.4, 0.5) is 13.2 Å². The first-order chi connectivity index (χ1) is 8.97. The highest BCUT2D eigenvalue weighted by Crippen LogP contribution is 2.17. The Morgan fingerprint density at radius 2 is 1.89 bits per heavy atom. The lowest BCUT2D eigenvalue weighted by atomic mass is 9.98. The molecule has 0 radical (unpaired) electrons. The molecule has 2 rings (SSSR count). The molecule has 1 aromatic carbocycles. The summed E-state index contributed by atoms with van der Waals surface area (Å²) in [7, 11) is 2.08. The average Bonchev–Trinajstić information content (AvgIpc) is 2.36. The number of rotatable bonds is 3. The maximum atomic E-state index is 13.5. The number of benzene rings is 1. The van der Waals surface area contributed by atoms with Crippen LogP contribution in [-0.4, -0.2) is 30.6 Å². The van der Waals surface area contributed by atoms with Gasteiger partial charge in [0.15, 0.2) is 11.6 Å². The van der Waals surface area contributed by atoms with E-state index in [9.17, 15) is 13.2 Å². The SMILES string of the molecule is CC1CC(NCc2cc(F)c(F)cc2F)CCN1C. The number of halogens is 3. The van der Waals surface area contributed by atoms with E-state index in [1.165, 1.54) is 0 Å². The highest BCUT2D eigenvalue weighted by molar-refractivity contribution is 5.20. The molecule has 1 N–H and O–H groups in total. The Labute approximate surface area is 111 Å². The highest BCUT2D eigenvalue weighted by Gasteiger charge is 2.22. The normalized spacial score (nSPS) is 24.7. The molecule has 1 aliphatic heterocycles. The fourth-order valence-corrected chi connectivity index (χ4v) is 2.43. The van der Waals surface area contributed by atoms with Crippen molar-refractivity contribution in [3.05, 3.63) is 35.1 Å². The Balaban J connectivity index is 1.94. The maximum absolute atomic E-state index is 13.5. The van der Waals surface area contributed by atoms with Gasteiger partial charge in [0.2, 0.25) is 0 Å². The van der Waals surface area contributed by atoms with Crippen LogP contribution in [0.1, 0.15) is 25.3 Å². The van der Waals surface area contributed by atoms with Gasteiger partial charge in [-0.3, -0.25) is 0 Å². The van der Waals surface area contributed by atoms with E-state index in [0.717, 1.165) is 25.5 Å². The zero-order valence-electron chi connectivity index (χ0n) is 11.2. The molecule has 106 valence electrons. The van der Waals surface area contributed by atoms with E-state index in [1.54, 1.807) is 0 Å². The summed E-state index contributed by atoms with van der Waals surface area (Å²) in [5.74, 6) is -2.85. The molecule has 5 heteroatoms. The predicted molar refractivity (Wildman–Crippen MR) is 68.3 cm³/mol. The van der Waals surface area contributed by atoms with Crippen LogP contribution in [-0.2, 0) is 6.54 Å². The second-order valence-corrected chi connectivity index (χ2v) is 5.29. The van der Waals surface area contributed by atoms with E-state index in [0.29, 0.717) is 18.2 Å². The molecule has 2 unspecified atom stereocenters. The van der Waals surface area contributed by atoms with Crippen LogP contribution in [0.25, 0.3) is 0 Å². The number of nitrogens with zero attached hydrogens (tertiary/aromatic N) is 1. The lowest BCUT2D eigenvalue weighted by Gasteiger charge is -2.35. The topological polar surface area (TPSA) is 15.3 Å². The van der Waals surface area contributed by atoms with Crippen LogP contribution in [0.3, 0.4) is 0 Å². The van der Waals surface area contributed by atoms with E-state index in [4.69, 9.17) is 0 Å². The quantitative estimate of drug-likeness (QED) is 0.851. The van der Waals surface area contributed by atoms with E-state index < -0.39 is 17.5 Å². The lowest BCUT2D eigenvalue weighted by Crippen LogP contribution is -2.45. The minimum atomic E-state index is -1.14. The van der Waals surface area contributed by atoms with Gasteiger partial charge in [0, 0.05) is 30.3 Å². The Morgan fingerprint density at radius 3 is 2.58 bits per heavy atom. The number of hydrogen-bond acceptors (Lipinski definition) is 2. The molecular formula is C14H19F3N2. The molecule has 2 nitrogen and oxygen atoms in total. The third kappa shape index (κ3) is 3.48. The van der Waals surface area contributed by atoms with Gasteiger partial charge in [-0.1, -0.05) is 0 Å². The summed E-state index contributed by atoms with van der Waals surface area (Å²) in [5.41, 5.74) is 0.172. The molecule has 1 saturated heterocycles. The summed E-state index contributed by atoms with van der Waals surface area (Å²) in [6, 6.07) is 2.29. The third-order valence-electron chi connectivity index (χ3n) is 3.88. The first-order valence-corrected chi connectivity index (χ1v) is 6.54. The molecule has 0 amide bonds. The van der Waals surface area contributed by atoms with Gasteiger partial charge in [0.25, 0.3) is 0 Å². The van der Waals surface area contributed by atoms with Crippen LogP contribution in [0, 0.1) is 17.5 Å². The van der Waals surface area contributed by atoms with Crippen molar-refractivity contribution in [2.24, 2.45) is 0 Å². The molecule has 1 heterocycles. The van der Waals surface area contributed by atoms with Crippen molar-refractivity contribution in [1.29, 1.82) is 0 Å². The zero-order chi connectivity index (χ0) is 14.0. The molecule has 0 spiro atoms. The van der Waals surface area contributed by atoms with Crippen LogP contribution in [0.15, 0.2) is 12.1 Å². The summed E-state index contributed by atoms with van der Waals surface area (Å²) in [4.78, 5) is 2.27. The van der Waals surface area contributed by atoms with Crippen LogP contribution in [0.5, 0.6) is 0 Å². The molecule has 1 aromatic rings. The van der Waals surface area contributed by atoms with Gasteiger partial charge in [0.1, 0.15) is 5.82 Å². The van der Waals surface area contributed by atoms with E-state index in [2.05, 4.69) is 24.2 Å².